The zero-order valence-corrected chi connectivity index (χ0v) is 13.0. The number of methoxy groups -OCH3 is 1. The molecule has 1 aliphatic heterocycles. The van der Waals surface area contributed by atoms with E-state index in [0.717, 1.165) is 28.2 Å². The van der Waals surface area contributed by atoms with Crippen molar-refractivity contribution in [1.82, 2.24) is 0 Å². The van der Waals surface area contributed by atoms with Gasteiger partial charge in [-0.15, -0.1) is 0 Å². The quantitative estimate of drug-likeness (QED) is 0.943. The van der Waals surface area contributed by atoms with Gasteiger partial charge in [0.05, 0.1) is 12.8 Å². The van der Waals surface area contributed by atoms with Gasteiger partial charge < -0.3 is 10.5 Å². The number of amidine groups is 1. The highest BCUT2D eigenvalue weighted by atomic mass is 16.5. The summed E-state index contributed by atoms with van der Waals surface area (Å²) in [6.45, 7) is 3.86. The van der Waals surface area contributed by atoms with Crippen LogP contribution >= 0.6 is 0 Å². The van der Waals surface area contributed by atoms with E-state index in [-0.39, 0.29) is 0 Å². The predicted molar refractivity (Wildman–Crippen MR) is 90.5 cm³/mol. The molecular weight excluding hydrogens is 274 g/mol. The molecule has 4 heteroatoms. The summed E-state index contributed by atoms with van der Waals surface area (Å²) >= 11 is 0. The minimum Gasteiger partial charge on any atom is -0.497 e. The van der Waals surface area contributed by atoms with Crippen molar-refractivity contribution in [2.45, 2.75) is 19.5 Å². The van der Waals surface area contributed by atoms with Gasteiger partial charge in [-0.3, -0.25) is 4.99 Å². The highest BCUT2D eigenvalue weighted by Crippen LogP contribution is 2.33. The number of aliphatic imine (C=N–C) groups is 2. The van der Waals surface area contributed by atoms with Crippen molar-refractivity contribution < 1.29 is 4.74 Å². The third-order valence-corrected chi connectivity index (χ3v) is 3.91. The van der Waals surface area contributed by atoms with Crippen molar-refractivity contribution in [2.24, 2.45) is 15.7 Å². The van der Waals surface area contributed by atoms with E-state index >= 15 is 0 Å². The van der Waals surface area contributed by atoms with Crippen LogP contribution in [0.15, 0.2) is 58.5 Å². The number of rotatable bonds is 3. The first-order valence-electron chi connectivity index (χ1n) is 7.19. The predicted octanol–water partition coefficient (Wildman–Crippen LogP) is 3.37. The molecule has 1 aliphatic rings. The van der Waals surface area contributed by atoms with Crippen molar-refractivity contribution in [3.05, 3.63) is 54.1 Å². The molecule has 1 heterocycles. The maximum Gasteiger partial charge on any atom is 0.175 e. The van der Waals surface area contributed by atoms with Crippen LogP contribution in [0.5, 0.6) is 5.75 Å². The van der Waals surface area contributed by atoms with Gasteiger partial charge in [0.15, 0.2) is 5.66 Å². The molecule has 0 aromatic heterocycles. The molecule has 0 aliphatic carbocycles. The van der Waals surface area contributed by atoms with Gasteiger partial charge in [-0.2, -0.15) is 0 Å². The van der Waals surface area contributed by atoms with Gasteiger partial charge in [-0.1, -0.05) is 30.3 Å². The van der Waals surface area contributed by atoms with Crippen LogP contribution in [0.3, 0.4) is 0 Å². The summed E-state index contributed by atoms with van der Waals surface area (Å²) in [6.07, 6.45) is 0. The SMILES string of the molecule is COc1cccc(-c2cccc([C@@]3(C)N=C(C)C(N)=N3)c2)c1. The van der Waals surface area contributed by atoms with E-state index in [0.29, 0.717) is 5.84 Å². The van der Waals surface area contributed by atoms with Crippen LogP contribution in [0.4, 0.5) is 0 Å². The zero-order valence-electron chi connectivity index (χ0n) is 13.0. The zero-order chi connectivity index (χ0) is 15.7. The Bertz CT molecular complexity index is 759. The van der Waals surface area contributed by atoms with Crippen LogP contribution in [-0.2, 0) is 5.66 Å². The topological polar surface area (TPSA) is 60.0 Å². The molecular formula is C18H19N3O. The Morgan fingerprint density at radius 2 is 1.68 bits per heavy atom. The summed E-state index contributed by atoms with van der Waals surface area (Å²) in [5.74, 6) is 1.35. The molecule has 0 bridgehead atoms. The van der Waals surface area contributed by atoms with Gasteiger partial charge in [-0.05, 0) is 43.2 Å². The van der Waals surface area contributed by atoms with Gasteiger partial charge >= 0.3 is 0 Å². The van der Waals surface area contributed by atoms with E-state index in [1.165, 1.54) is 0 Å². The summed E-state index contributed by atoms with van der Waals surface area (Å²) in [5.41, 5.74) is 9.25. The van der Waals surface area contributed by atoms with Crippen LogP contribution in [0.1, 0.15) is 19.4 Å². The average Bonchev–Trinajstić information content (AvgIpc) is 2.81. The highest BCUT2D eigenvalue weighted by Gasteiger charge is 2.30. The number of nitrogens with zero attached hydrogens (tertiary/aromatic N) is 2. The van der Waals surface area contributed by atoms with Crippen molar-refractivity contribution in [3.8, 4) is 16.9 Å². The minimum absolute atomic E-state index is 0.509. The average molecular weight is 293 g/mol. The number of benzene rings is 2. The Hall–Kier alpha value is -2.62. The Morgan fingerprint density at radius 3 is 2.32 bits per heavy atom. The summed E-state index contributed by atoms with van der Waals surface area (Å²) in [7, 11) is 1.67. The Labute approximate surface area is 130 Å². The minimum atomic E-state index is -0.636. The second-order valence-corrected chi connectivity index (χ2v) is 5.53. The van der Waals surface area contributed by atoms with Gasteiger partial charge in [0, 0.05) is 5.56 Å². The van der Waals surface area contributed by atoms with Crippen molar-refractivity contribution in [2.75, 3.05) is 7.11 Å². The summed E-state index contributed by atoms with van der Waals surface area (Å²) in [6, 6.07) is 16.2. The summed E-state index contributed by atoms with van der Waals surface area (Å²) in [4.78, 5) is 9.11. The first-order chi connectivity index (χ1) is 10.5. The molecule has 2 aromatic rings. The van der Waals surface area contributed by atoms with Crippen molar-refractivity contribution >= 4 is 11.5 Å². The second kappa shape index (κ2) is 5.30. The molecule has 2 N–H and O–H groups in total. The normalized spacial score (nSPS) is 20.5. The van der Waals surface area contributed by atoms with Gasteiger partial charge in [0.25, 0.3) is 0 Å². The number of ether oxygens (including phenoxy) is 1. The number of hydrogen-bond acceptors (Lipinski definition) is 4. The van der Waals surface area contributed by atoms with E-state index in [9.17, 15) is 0 Å². The molecule has 3 rings (SSSR count). The second-order valence-electron chi connectivity index (χ2n) is 5.53. The largest absolute Gasteiger partial charge is 0.497 e. The molecule has 22 heavy (non-hydrogen) atoms. The molecule has 0 saturated carbocycles. The third kappa shape index (κ3) is 2.48. The van der Waals surface area contributed by atoms with Crippen LogP contribution < -0.4 is 10.5 Å². The Kier molecular flexibility index (Phi) is 3.45. The highest BCUT2D eigenvalue weighted by molar-refractivity contribution is 6.41. The van der Waals surface area contributed by atoms with Crippen molar-refractivity contribution in [3.63, 3.8) is 0 Å². The van der Waals surface area contributed by atoms with Crippen LogP contribution in [0.2, 0.25) is 0 Å². The van der Waals surface area contributed by atoms with Crippen LogP contribution in [0.25, 0.3) is 11.1 Å². The lowest BCUT2D eigenvalue weighted by Crippen LogP contribution is -2.18. The fraction of sp³-hybridized carbons (Fsp3) is 0.222. The van der Waals surface area contributed by atoms with Gasteiger partial charge in [0.2, 0.25) is 0 Å². The van der Waals surface area contributed by atoms with Crippen LogP contribution in [-0.4, -0.2) is 18.7 Å². The molecule has 2 aromatic carbocycles. The monoisotopic (exact) mass is 293 g/mol. The molecule has 0 unspecified atom stereocenters. The maximum absolute atomic E-state index is 5.88. The fourth-order valence-corrected chi connectivity index (χ4v) is 2.65. The molecule has 0 amide bonds. The molecule has 0 spiro atoms. The lowest BCUT2D eigenvalue weighted by atomic mass is 9.97. The van der Waals surface area contributed by atoms with E-state index in [1.54, 1.807) is 7.11 Å². The van der Waals surface area contributed by atoms with E-state index < -0.39 is 5.66 Å². The molecule has 0 radical (unpaired) electrons. The maximum atomic E-state index is 5.88. The lowest BCUT2D eigenvalue weighted by Gasteiger charge is -2.18. The molecule has 1 atom stereocenters. The van der Waals surface area contributed by atoms with E-state index in [1.807, 2.05) is 44.2 Å². The van der Waals surface area contributed by atoms with E-state index in [4.69, 9.17) is 10.5 Å². The molecule has 0 saturated heterocycles. The standard InChI is InChI=1S/C18H19N3O/c1-12-17(19)21-18(2,20-12)15-8-4-6-13(10-15)14-7-5-9-16(11-14)22-3/h4-11H,1-3H3,(H2,19,21)/t18-/m0/s1. The first-order valence-corrected chi connectivity index (χ1v) is 7.19. The van der Waals surface area contributed by atoms with Gasteiger partial charge in [0.1, 0.15) is 11.6 Å². The van der Waals surface area contributed by atoms with Gasteiger partial charge in [-0.25, -0.2) is 4.99 Å². The molecule has 112 valence electrons. The van der Waals surface area contributed by atoms with E-state index in [2.05, 4.69) is 28.2 Å². The Balaban J connectivity index is 2.04. The number of nitrogens with two attached hydrogens (primary N) is 1. The smallest absolute Gasteiger partial charge is 0.175 e. The molecule has 4 nitrogen and oxygen atoms in total. The van der Waals surface area contributed by atoms with Crippen LogP contribution in [0, 0.1) is 0 Å². The molecule has 0 fully saturated rings. The number of hydrogen-bond donors (Lipinski definition) is 1. The third-order valence-electron chi connectivity index (χ3n) is 3.91. The summed E-state index contributed by atoms with van der Waals surface area (Å²) in [5, 5.41) is 0. The summed E-state index contributed by atoms with van der Waals surface area (Å²) < 4.78 is 5.29. The Morgan fingerprint density at radius 1 is 1.00 bits per heavy atom. The fourth-order valence-electron chi connectivity index (χ4n) is 2.65. The first kappa shape index (κ1) is 14.3. The lowest BCUT2D eigenvalue weighted by molar-refractivity contribution is 0.415. The van der Waals surface area contributed by atoms with Crippen molar-refractivity contribution in [1.29, 1.82) is 0 Å².